The average molecular weight is 307 g/mol. The molecule has 2 aromatic carbocycles. The summed E-state index contributed by atoms with van der Waals surface area (Å²) in [7, 11) is 0. The van der Waals surface area contributed by atoms with Gasteiger partial charge in [-0.25, -0.2) is 0 Å². The first-order valence-electron chi connectivity index (χ1n) is 6.53. The second-order valence-electron chi connectivity index (χ2n) is 4.96. The number of rotatable bonds is 4. The number of hydrogen-bond donors (Lipinski definition) is 0. The highest BCUT2D eigenvalue weighted by Crippen LogP contribution is 2.28. The van der Waals surface area contributed by atoms with Crippen molar-refractivity contribution >= 4 is 29.0 Å². The van der Waals surface area contributed by atoms with Gasteiger partial charge in [-0.05, 0) is 35.4 Å². The van der Waals surface area contributed by atoms with E-state index in [0.29, 0.717) is 10.0 Å². The normalized spacial score (nSPS) is 13.8. The Morgan fingerprint density at radius 3 is 1.60 bits per heavy atom. The molecule has 104 valence electrons. The predicted molar refractivity (Wildman–Crippen MR) is 84.7 cm³/mol. The van der Waals surface area contributed by atoms with Crippen molar-refractivity contribution in [2.45, 2.75) is 25.7 Å². The van der Waals surface area contributed by atoms with Crippen molar-refractivity contribution in [1.29, 1.82) is 0 Å². The van der Waals surface area contributed by atoms with Crippen molar-refractivity contribution in [3.05, 3.63) is 69.7 Å². The number of halogens is 2. The van der Waals surface area contributed by atoms with Crippen molar-refractivity contribution < 1.29 is 4.79 Å². The first kappa shape index (κ1) is 15.1. The van der Waals surface area contributed by atoms with Crippen LogP contribution in [0.2, 0.25) is 10.0 Å². The number of hydrogen-bond acceptors (Lipinski definition) is 1. The Kier molecular flexibility index (Phi) is 4.85. The molecule has 1 nitrogen and oxygen atoms in total. The van der Waals surface area contributed by atoms with Crippen LogP contribution < -0.4 is 0 Å². The lowest BCUT2D eigenvalue weighted by atomic mass is 9.86. The number of Topliss-reactive ketones (excluding diaryl/α,β-unsaturated/α-hetero) is 1. The van der Waals surface area contributed by atoms with E-state index in [4.69, 9.17) is 23.2 Å². The van der Waals surface area contributed by atoms with Crippen LogP contribution in [0.5, 0.6) is 0 Å². The maximum atomic E-state index is 12.6. The molecule has 2 aromatic rings. The van der Waals surface area contributed by atoms with Gasteiger partial charge in [-0.3, -0.25) is 4.79 Å². The van der Waals surface area contributed by atoms with Crippen molar-refractivity contribution in [2.24, 2.45) is 0 Å². The zero-order chi connectivity index (χ0) is 14.7. The van der Waals surface area contributed by atoms with E-state index in [1.807, 2.05) is 62.4 Å². The molecule has 0 radical (unpaired) electrons. The molecule has 3 heteroatoms. The molecule has 0 fully saturated rings. The quantitative estimate of drug-likeness (QED) is 0.732. The summed E-state index contributed by atoms with van der Waals surface area (Å²) in [5.74, 6) is -0.222. The molecule has 0 saturated carbocycles. The van der Waals surface area contributed by atoms with Crippen LogP contribution in [0.25, 0.3) is 0 Å². The smallest absolute Gasteiger partial charge is 0.147 e. The molecule has 0 aliphatic carbocycles. The number of benzene rings is 2. The van der Waals surface area contributed by atoms with Gasteiger partial charge >= 0.3 is 0 Å². The van der Waals surface area contributed by atoms with E-state index in [9.17, 15) is 4.79 Å². The predicted octanol–water partition coefficient (Wildman–Crippen LogP) is 5.47. The maximum Gasteiger partial charge on any atom is 0.147 e. The maximum absolute atomic E-state index is 12.6. The van der Waals surface area contributed by atoms with Gasteiger partial charge < -0.3 is 0 Å². The van der Waals surface area contributed by atoms with E-state index < -0.39 is 0 Å². The van der Waals surface area contributed by atoms with Crippen LogP contribution in [0, 0.1) is 0 Å². The van der Waals surface area contributed by atoms with Crippen LogP contribution in [0.15, 0.2) is 48.5 Å². The Morgan fingerprint density at radius 2 is 1.25 bits per heavy atom. The van der Waals surface area contributed by atoms with Crippen LogP contribution >= 0.6 is 23.2 Å². The largest absolute Gasteiger partial charge is 0.298 e. The fourth-order valence-corrected chi connectivity index (χ4v) is 2.65. The van der Waals surface area contributed by atoms with Crippen LogP contribution in [0.1, 0.15) is 36.8 Å². The molecule has 0 amide bonds. The average Bonchev–Trinajstić information content (AvgIpc) is 2.45. The molecule has 2 atom stereocenters. The Labute approximate surface area is 129 Å². The third-order valence-electron chi connectivity index (χ3n) is 3.55. The summed E-state index contributed by atoms with van der Waals surface area (Å²) >= 11 is 12.0. The van der Waals surface area contributed by atoms with E-state index in [1.165, 1.54) is 0 Å². The highest BCUT2D eigenvalue weighted by molar-refractivity contribution is 6.31. The van der Waals surface area contributed by atoms with E-state index >= 15 is 0 Å². The van der Waals surface area contributed by atoms with Crippen molar-refractivity contribution in [1.82, 2.24) is 0 Å². The third-order valence-corrected chi connectivity index (χ3v) is 4.02. The van der Waals surface area contributed by atoms with Crippen LogP contribution in [-0.2, 0) is 4.79 Å². The molecular formula is C17H16Cl2O. The SMILES string of the molecule is CC(C(=O)C(C)c1cccc(Cl)c1)c1cccc(Cl)c1. The molecular weight excluding hydrogens is 291 g/mol. The molecule has 0 aromatic heterocycles. The molecule has 0 aliphatic heterocycles. The molecule has 0 bridgehead atoms. The minimum absolute atomic E-state index is 0.162. The Bertz CT molecular complexity index is 568. The number of ketones is 1. The monoisotopic (exact) mass is 306 g/mol. The number of carbonyl (C=O) groups excluding carboxylic acids is 1. The lowest BCUT2D eigenvalue weighted by molar-refractivity contribution is -0.121. The molecule has 20 heavy (non-hydrogen) atoms. The van der Waals surface area contributed by atoms with Gasteiger partial charge in [0.1, 0.15) is 5.78 Å². The Balaban J connectivity index is 2.22. The van der Waals surface area contributed by atoms with E-state index in [-0.39, 0.29) is 17.6 Å². The molecule has 0 spiro atoms. The van der Waals surface area contributed by atoms with Gasteiger partial charge in [-0.2, -0.15) is 0 Å². The van der Waals surface area contributed by atoms with E-state index in [1.54, 1.807) is 0 Å². The lowest BCUT2D eigenvalue weighted by Crippen LogP contribution is -2.16. The molecule has 0 saturated heterocycles. The highest BCUT2D eigenvalue weighted by atomic mass is 35.5. The second-order valence-corrected chi connectivity index (χ2v) is 5.83. The first-order chi connectivity index (χ1) is 9.49. The van der Waals surface area contributed by atoms with Gasteiger partial charge in [0.15, 0.2) is 0 Å². The van der Waals surface area contributed by atoms with Crippen molar-refractivity contribution in [3.8, 4) is 0 Å². The molecule has 0 aliphatic rings. The zero-order valence-electron chi connectivity index (χ0n) is 11.4. The van der Waals surface area contributed by atoms with E-state index in [0.717, 1.165) is 11.1 Å². The Hall–Kier alpha value is -1.31. The van der Waals surface area contributed by atoms with Crippen molar-refractivity contribution in [3.63, 3.8) is 0 Å². The van der Waals surface area contributed by atoms with Crippen LogP contribution in [0.3, 0.4) is 0 Å². The standard InChI is InChI=1S/C17H16Cl2O/c1-11(13-5-3-7-15(18)9-13)17(20)12(2)14-6-4-8-16(19)10-14/h3-12H,1-2H3. The fourth-order valence-electron chi connectivity index (χ4n) is 2.26. The summed E-state index contributed by atoms with van der Waals surface area (Å²) in [5.41, 5.74) is 1.88. The van der Waals surface area contributed by atoms with Gasteiger partial charge in [0.2, 0.25) is 0 Å². The lowest BCUT2D eigenvalue weighted by Gasteiger charge is -2.17. The Morgan fingerprint density at radius 1 is 0.850 bits per heavy atom. The van der Waals surface area contributed by atoms with Gasteiger partial charge in [0.25, 0.3) is 0 Å². The summed E-state index contributed by atoms with van der Waals surface area (Å²) in [6, 6.07) is 14.9. The highest BCUT2D eigenvalue weighted by Gasteiger charge is 2.23. The van der Waals surface area contributed by atoms with Gasteiger partial charge in [0, 0.05) is 21.9 Å². The second kappa shape index (κ2) is 6.43. The molecule has 2 rings (SSSR count). The van der Waals surface area contributed by atoms with Crippen LogP contribution in [0.4, 0.5) is 0 Å². The molecule has 0 N–H and O–H groups in total. The summed E-state index contributed by atoms with van der Waals surface area (Å²) < 4.78 is 0. The third kappa shape index (κ3) is 3.41. The minimum atomic E-state index is -0.192. The van der Waals surface area contributed by atoms with Gasteiger partial charge in [-0.15, -0.1) is 0 Å². The number of carbonyl (C=O) groups is 1. The van der Waals surface area contributed by atoms with Gasteiger partial charge in [-0.1, -0.05) is 61.3 Å². The summed E-state index contributed by atoms with van der Waals surface area (Å²) in [6.07, 6.45) is 0. The van der Waals surface area contributed by atoms with Crippen molar-refractivity contribution in [2.75, 3.05) is 0 Å². The zero-order valence-corrected chi connectivity index (χ0v) is 12.9. The summed E-state index contributed by atoms with van der Waals surface area (Å²) in [4.78, 5) is 12.6. The fraction of sp³-hybridized carbons (Fsp3) is 0.235. The minimum Gasteiger partial charge on any atom is -0.298 e. The van der Waals surface area contributed by atoms with Crippen LogP contribution in [-0.4, -0.2) is 5.78 Å². The van der Waals surface area contributed by atoms with Gasteiger partial charge in [0.05, 0.1) is 0 Å². The molecule has 2 unspecified atom stereocenters. The van der Waals surface area contributed by atoms with E-state index in [2.05, 4.69) is 0 Å². The first-order valence-corrected chi connectivity index (χ1v) is 7.29. The summed E-state index contributed by atoms with van der Waals surface area (Å²) in [6.45, 7) is 3.82. The topological polar surface area (TPSA) is 17.1 Å². The molecule has 0 heterocycles. The summed E-state index contributed by atoms with van der Waals surface area (Å²) in [5, 5.41) is 1.30.